The normalized spacial score (nSPS) is 12.2. The van der Waals surface area contributed by atoms with Crippen molar-refractivity contribution < 1.29 is 8.78 Å². The van der Waals surface area contributed by atoms with E-state index in [-0.39, 0.29) is 17.7 Å². The molecule has 0 saturated carbocycles. The lowest BCUT2D eigenvalue weighted by Gasteiger charge is -2.15. The molecule has 0 aliphatic heterocycles. The highest BCUT2D eigenvalue weighted by atomic mass is 35.5. The fraction of sp³-hybridized carbons (Fsp3) is 0.200. The summed E-state index contributed by atoms with van der Waals surface area (Å²) in [5, 5.41) is 3.49. The molecule has 0 fully saturated rings. The van der Waals surface area contributed by atoms with Gasteiger partial charge in [0.15, 0.2) is 0 Å². The molecule has 1 atom stereocenters. The standard InChI is InChI=1S/C15H14ClF2N/c1-10(5-11-3-2-4-13(17)6-11)19-15-8-12(16)7-14(18)9-15/h2-4,6-10,19H,5H2,1H3. The Bertz CT molecular complexity index is 552. The quantitative estimate of drug-likeness (QED) is 0.859. The Morgan fingerprint density at radius 2 is 1.89 bits per heavy atom. The summed E-state index contributed by atoms with van der Waals surface area (Å²) in [7, 11) is 0. The minimum atomic E-state index is -0.382. The maximum Gasteiger partial charge on any atom is 0.126 e. The molecule has 0 bridgehead atoms. The van der Waals surface area contributed by atoms with E-state index in [4.69, 9.17) is 11.6 Å². The summed E-state index contributed by atoms with van der Waals surface area (Å²) in [6.45, 7) is 1.95. The van der Waals surface area contributed by atoms with Gasteiger partial charge in [0.2, 0.25) is 0 Å². The maximum atomic E-state index is 13.2. The highest BCUT2D eigenvalue weighted by Gasteiger charge is 2.06. The molecule has 4 heteroatoms. The molecule has 1 N–H and O–H groups in total. The zero-order valence-electron chi connectivity index (χ0n) is 10.5. The average molecular weight is 282 g/mol. The average Bonchev–Trinajstić information content (AvgIpc) is 2.26. The molecule has 1 nitrogen and oxygen atoms in total. The van der Waals surface area contributed by atoms with Crippen LogP contribution in [-0.2, 0) is 6.42 Å². The number of hydrogen-bond acceptors (Lipinski definition) is 1. The molecule has 0 heterocycles. The van der Waals surface area contributed by atoms with E-state index < -0.39 is 0 Å². The lowest BCUT2D eigenvalue weighted by molar-refractivity contribution is 0.623. The van der Waals surface area contributed by atoms with Crippen LogP contribution in [0.25, 0.3) is 0 Å². The first kappa shape index (κ1) is 13.8. The van der Waals surface area contributed by atoms with Crippen LogP contribution < -0.4 is 5.32 Å². The van der Waals surface area contributed by atoms with Crippen LogP contribution in [0, 0.1) is 11.6 Å². The van der Waals surface area contributed by atoms with Crippen LogP contribution in [0.2, 0.25) is 5.02 Å². The van der Waals surface area contributed by atoms with Crippen LogP contribution in [0.4, 0.5) is 14.5 Å². The van der Waals surface area contributed by atoms with E-state index >= 15 is 0 Å². The van der Waals surface area contributed by atoms with Crippen molar-refractivity contribution in [1.29, 1.82) is 0 Å². The van der Waals surface area contributed by atoms with E-state index in [1.165, 1.54) is 24.3 Å². The van der Waals surface area contributed by atoms with Gasteiger partial charge in [-0.2, -0.15) is 0 Å². The molecule has 0 spiro atoms. The summed E-state index contributed by atoms with van der Waals surface area (Å²) in [4.78, 5) is 0. The van der Waals surface area contributed by atoms with Crippen molar-refractivity contribution >= 4 is 17.3 Å². The van der Waals surface area contributed by atoms with E-state index in [1.807, 2.05) is 13.0 Å². The van der Waals surface area contributed by atoms with Gasteiger partial charge in [0, 0.05) is 16.8 Å². The Kier molecular flexibility index (Phi) is 4.38. The van der Waals surface area contributed by atoms with Gasteiger partial charge in [-0.3, -0.25) is 0 Å². The monoisotopic (exact) mass is 281 g/mol. The lowest BCUT2D eigenvalue weighted by Crippen LogP contribution is -2.18. The molecule has 2 aromatic carbocycles. The lowest BCUT2D eigenvalue weighted by atomic mass is 10.1. The van der Waals surface area contributed by atoms with Gasteiger partial charge in [0.05, 0.1) is 0 Å². The number of halogens is 3. The van der Waals surface area contributed by atoms with Crippen molar-refractivity contribution in [3.05, 3.63) is 64.7 Å². The minimum absolute atomic E-state index is 0.0414. The molecule has 0 aliphatic carbocycles. The molecule has 0 radical (unpaired) electrons. The van der Waals surface area contributed by atoms with Gasteiger partial charge in [-0.05, 0) is 49.2 Å². The summed E-state index contributed by atoms with van der Waals surface area (Å²) in [5.41, 5.74) is 1.51. The van der Waals surface area contributed by atoms with Gasteiger partial charge in [-0.15, -0.1) is 0 Å². The molecule has 2 rings (SSSR count). The second-order valence-corrected chi connectivity index (χ2v) is 4.97. The number of hydrogen-bond donors (Lipinski definition) is 1. The van der Waals surface area contributed by atoms with Crippen molar-refractivity contribution in [3.8, 4) is 0 Å². The zero-order chi connectivity index (χ0) is 13.8. The summed E-state index contributed by atoms with van der Waals surface area (Å²) in [6.07, 6.45) is 0.645. The molecule has 0 aliphatic rings. The molecular weight excluding hydrogens is 268 g/mol. The first-order chi connectivity index (χ1) is 9.02. The molecule has 0 saturated heterocycles. The molecule has 100 valence electrons. The zero-order valence-corrected chi connectivity index (χ0v) is 11.2. The van der Waals surface area contributed by atoms with Gasteiger partial charge in [0.25, 0.3) is 0 Å². The van der Waals surface area contributed by atoms with Crippen molar-refractivity contribution in [2.24, 2.45) is 0 Å². The molecule has 2 aromatic rings. The summed E-state index contributed by atoms with van der Waals surface area (Å²) >= 11 is 5.78. The van der Waals surface area contributed by atoms with Crippen LogP contribution in [0.1, 0.15) is 12.5 Å². The van der Waals surface area contributed by atoms with E-state index in [0.717, 1.165) is 5.56 Å². The fourth-order valence-corrected chi connectivity index (χ4v) is 2.21. The second-order valence-electron chi connectivity index (χ2n) is 4.54. The van der Waals surface area contributed by atoms with Gasteiger partial charge in [-0.25, -0.2) is 8.78 Å². The van der Waals surface area contributed by atoms with Crippen molar-refractivity contribution in [3.63, 3.8) is 0 Å². The highest BCUT2D eigenvalue weighted by Crippen LogP contribution is 2.19. The smallest absolute Gasteiger partial charge is 0.126 e. The first-order valence-corrected chi connectivity index (χ1v) is 6.38. The molecule has 19 heavy (non-hydrogen) atoms. The van der Waals surface area contributed by atoms with Crippen LogP contribution in [0.5, 0.6) is 0 Å². The van der Waals surface area contributed by atoms with E-state index in [9.17, 15) is 8.78 Å². The Hall–Kier alpha value is -1.61. The van der Waals surface area contributed by atoms with Gasteiger partial charge < -0.3 is 5.32 Å². The van der Waals surface area contributed by atoms with Crippen LogP contribution in [-0.4, -0.2) is 6.04 Å². The fourth-order valence-electron chi connectivity index (χ4n) is 1.99. The second kappa shape index (κ2) is 6.02. The Labute approximate surface area is 116 Å². The predicted octanol–water partition coefficient (Wildman–Crippen LogP) is 4.66. The predicted molar refractivity (Wildman–Crippen MR) is 74.6 cm³/mol. The third-order valence-electron chi connectivity index (χ3n) is 2.71. The Morgan fingerprint density at radius 3 is 2.58 bits per heavy atom. The van der Waals surface area contributed by atoms with E-state index in [0.29, 0.717) is 17.1 Å². The van der Waals surface area contributed by atoms with Crippen LogP contribution in [0.3, 0.4) is 0 Å². The Morgan fingerprint density at radius 1 is 1.11 bits per heavy atom. The van der Waals surface area contributed by atoms with E-state index in [1.54, 1.807) is 12.1 Å². The Balaban J connectivity index is 2.03. The van der Waals surface area contributed by atoms with Crippen molar-refractivity contribution in [2.75, 3.05) is 5.32 Å². The van der Waals surface area contributed by atoms with Crippen molar-refractivity contribution in [1.82, 2.24) is 0 Å². The number of rotatable bonds is 4. The molecular formula is C15H14ClF2N. The van der Waals surface area contributed by atoms with Crippen LogP contribution in [0.15, 0.2) is 42.5 Å². The number of anilines is 1. The third kappa shape index (κ3) is 4.21. The number of benzene rings is 2. The van der Waals surface area contributed by atoms with Gasteiger partial charge in [0.1, 0.15) is 11.6 Å². The topological polar surface area (TPSA) is 12.0 Å². The summed E-state index contributed by atoms with van der Waals surface area (Å²) < 4.78 is 26.2. The van der Waals surface area contributed by atoms with Crippen molar-refractivity contribution in [2.45, 2.75) is 19.4 Å². The van der Waals surface area contributed by atoms with Crippen LogP contribution >= 0.6 is 11.6 Å². The third-order valence-corrected chi connectivity index (χ3v) is 2.92. The van der Waals surface area contributed by atoms with Gasteiger partial charge >= 0.3 is 0 Å². The SMILES string of the molecule is CC(Cc1cccc(F)c1)Nc1cc(F)cc(Cl)c1. The minimum Gasteiger partial charge on any atom is -0.382 e. The highest BCUT2D eigenvalue weighted by molar-refractivity contribution is 6.30. The van der Waals surface area contributed by atoms with E-state index in [2.05, 4.69) is 5.32 Å². The van der Waals surface area contributed by atoms with Gasteiger partial charge in [-0.1, -0.05) is 23.7 Å². The molecule has 0 aromatic heterocycles. The summed E-state index contributed by atoms with van der Waals surface area (Å²) in [6, 6.07) is 10.8. The summed E-state index contributed by atoms with van der Waals surface area (Å²) in [5.74, 6) is -0.633. The molecule has 1 unspecified atom stereocenters. The number of nitrogens with one attached hydrogen (secondary N) is 1. The molecule has 0 amide bonds. The first-order valence-electron chi connectivity index (χ1n) is 6.00. The maximum absolute atomic E-state index is 13.2. The largest absolute Gasteiger partial charge is 0.382 e.